The number of aromatic nitrogens is 2. The third kappa shape index (κ3) is 4.45. The van der Waals surface area contributed by atoms with Crippen LogP contribution in [0.4, 0.5) is 11.8 Å². The van der Waals surface area contributed by atoms with E-state index in [1.807, 2.05) is 18.7 Å². The Morgan fingerprint density at radius 2 is 2.25 bits per heavy atom. The summed E-state index contributed by atoms with van der Waals surface area (Å²) < 4.78 is 0. The maximum atomic E-state index is 5.99. The summed E-state index contributed by atoms with van der Waals surface area (Å²) in [7, 11) is 0. The zero-order valence-electron chi connectivity index (χ0n) is 9.59. The molecule has 4 nitrogen and oxygen atoms in total. The fraction of sp³-hybridized carbons (Fsp3) is 0.600. The molecule has 1 aromatic rings. The molecule has 0 aliphatic rings. The monoisotopic (exact) mass is 260 g/mol. The number of hydrogen-bond acceptors (Lipinski definition) is 5. The fourth-order valence-electron chi connectivity index (χ4n) is 1.16. The molecule has 1 rings (SSSR count). The van der Waals surface area contributed by atoms with Crippen LogP contribution in [-0.4, -0.2) is 35.1 Å². The van der Waals surface area contributed by atoms with Crippen LogP contribution in [0, 0.1) is 0 Å². The van der Waals surface area contributed by atoms with E-state index in [2.05, 4.69) is 26.9 Å². The highest BCUT2D eigenvalue weighted by molar-refractivity contribution is 7.98. The Hall–Kier alpha value is -0.680. The van der Waals surface area contributed by atoms with Gasteiger partial charge in [-0.2, -0.15) is 16.7 Å². The van der Waals surface area contributed by atoms with Gasteiger partial charge in [0.2, 0.25) is 5.95 Å². The average molecular weight is 261 g/mol. The second-order valence-corrected chi connectivity index (χ2v) is 4.59. The predicted molar refractivity (Wildman–Crippen MR) is 72.7 cm³/mol. The number of thioether (sulfide) groups is 1. The summed E-state index contributed by atoms with van der Waals surface area (Å²) in [6.45, 7) is 3.68. The Morgan fingerprint density at radius 3 is 2.94 bits per heavy atom. The van der Waals surface area contributed by atoms with Crippen molar-refractivity contribution in [2.45, 2.75) is 13.3 Å². The van der Waals surface area contributed by atoms with Gasteiger partial charge in [0.15, 0.2) is 0 Å². The van der Waals surface area contributed by atoms with Crippen LogP contribution in [0.2, 0.25) is 5.02 Å². The molecule has 0 aliphatic heterocycles. The van der Waals surface area contributed by atoms with Crippen molar-refractivity contribution >= 4 is 35.1 Å². The lowest BCUT2D eigenvalue weighted by atomic mass is 10.4. The van der Waals surface area contributed by atoms with Crippen LogP contribution in [0.3, 0.4) is 0 Å². The van der Waals surface area contributed by atoms with E-state index in [1.165, 1.54) is 0 Å². The molecule has 0 atom stereocenters. The molecule has 0 radical (unpaired) electrons. The summed E-state index contributed by atoms with van der Waals surface area (Å²) in [6, 6.07) is 0. The van der Waals surface area contributed by atoms with Gasteiger partial charge in [-0.1, -0.05) is 11.6 Å². The van der Waals surface area contributed by atoms with Gasteiger partial charge >= 0.3 is 0 Å². The summed E-state index contributed by atoms with van der Waals surface area (Å²) in [5.74, 6) is 2.45. The van der Waals surface area contributed by atoms with Crippen molar-refractivity contribution in [1.82, 2.24) is 9.97 Å². The molecule has 0 bridgehead atoms. The van der Waals surface area contributed by atoms with Gasteiger partial charge in [-0.15, -0.1) is 0 Å². The number of anilines is 2. The number of hydrogen-bond donors (Lipinski definition) is 2. The molecular formula is C10H17ClN4S. The molecule has 0 saturated heterocycles. The van der Waals surface area contributed by atoms with Crippen LogP contribution in [0.5, 0.6) is 0 Å². The zero-order chi connectivity index (χ0) is 11.8. The summed E-state index contributed by atoms with van der Waals surface area (Å²) in [5, 5.41) is 6.82. The van der Waals surface area contributed by atoms with Gasteiger partial charge in [0.25, 0.3) is 0 Å². The van der Waals surface area contributed by atoms with E-state index in [0.717, 1.165) is 25.3 Å². The highest BCUT2D eigenvalue weighted by atomic mass is 35.5. The van der Waals surface area contributed by atoms with E-state index >= 15 is 0 Å². The van der Waals surface area contributed by atoms with E-state index in [-0.39, 0.29) is 0 Å². The van der Waals surface area contributed by atoms with Crippen molar-refractivity contribution in [2.24, 2.45) is 0 Å². The summed E-state index contributed by atoms with van der Waals surface area (Å²) >= 11 is 7.82. The van der Waals surface area contributed by atoms with Gasteiger partial charge in [0, 0.05) is 13.1 Å². The maximum Gasteiger partial charge on any atom is 0.224 e. The molecule has 16 heavy (non-hydrogen) atoms. The van der Waals surface area contributed by atoms with Crippen LogP contribution in [-0.2, 0) is 0 Å². The second kappa shape index (κ2) is 7.57. The number of halogens is 1. The number of nitrogens with one attached hydrogen (secondary N) is 2. The zero-order valence-corrected chi connectivity index (χ0v) is 11.2. The first-order valence-electron chi connectivity index (χ1n) is 5.27. The molecular weight excluding hydrogens is 244 g/mol. The van der Waals surface area contributed by atoms with Gasteiger partial charge in [-0.05, 0) is 25.4 Å². The maximum absolute atomic E-state index is 5.99. The van der Waals surface area contributed by atoms with Gasteiger partial charge in [0.05, 0.1) is 6.20 Å². The molecule has 0 spiro atoms. The quantitative estimate of drug-likeness (QED) is 0.739. The third-order valence-electron chi connectivity index (χ3n) is 1.90. The highest BCUT2D eigenvalue weighted by Gasteiger charge is 2.03. The Kier molecular flexibility index (Phi) is 6.33. The van der Waals surface area contributed by atoms with Crippen LogP contribution < -0.4 is 10.6 Å². The Bertz CT molecular complexity index is 322. The van der Waals surface area contributed by atoms with Crippen LogP contribution in [0.15, 0.2) is 6.20 Å². The van der Waals surface area contributed by atoms with Gasteiger partial charge < -0.3 is 10.6 Å². The summed E-state index contributed by atoms with van der Waals surface area (Å²) in [5.41, 5.74) is 0. The SMILES string of the molecule is CCNc1ncc(Cl)c(NCCCSC)n1. The van der Waals surface area contributed by atoms with Crippen LogP contribution >= 0.6 is 23.4 Å². The van der Waals surface area contributed by atoms with Crippen LogP contribution in [0.25, 0.3) is 0 Å². The van der Waals surface area contributed by atoms with Gasteiger partial charge in [-0.25, -0.2) is 4.98 Å². The lowest BCUT2D eigenvalue weighted by molar-refractivity contribution is 0.974. The minimum Gasteiger partial charge on any atom is -0.369 e. The minimum atomic E-state index is 0.561. The Morgan fingerprint density at radius 1 is 1.44 bits per heavy atom. The minimum absolute atomic E-state index is 0.561. The fourth-order valence-corrected chi connectivity index (χ4v) is 1.75. The molecule has 90 valence electrons. The van der Waals surface area contributed by atoms with E-state index < -0.39 is 0 Å². The largest absolute Gasteiger partial charge is 0.369 e. The van der Waals surface area contributed by atoms with E-state index in [9.17, 15) is 0 Å². The molecule has 0 amide bonds. The molecule has 2 N–H and O–H groups in total. The van der Waals surface area contributed by atoms with E-state index in [0.29, 0.717) is 16.8 Å². The molecule has 0 fully saturated rings. The Balaban J connectivity index is 2.52. The summed E-state index contributed by atoms with van der Waals surface area (Å²) in [6.07, 6.45) is 4.81. The number of rotatable bonds is 7. The van der Waals surface area contributed by atoms with Crippen molar-refractivity contribution in [2.75, 3.05) is 35.7 Å². The smallest absolute Gasteiger partial charge is 0.224 e. The van der Waals surface area contributed by atoms with Crippen molar-refractivity contribution in [3.63, 3.8) is 0 Å². The topological polar surface area (TPSA) is 49.8 Å². The average Bonchev–Trinajstić information content (AvgIpc) is 2.29. The first-order valence-corrected chi connectivity index (χ1v) is 7.04. The van der Waals surface area contributed by atoms with E-state index in [4.69, 9.17) is 11.6 Å². The standard InChI is InChI=1S/C10H17ClN4S/c1-3-12-10-14-7-8(11)9(15-10)13-5-4-6-16-2/h7H,3-6H2,1-2H3,(H2,12,13,14,15). The van der Waals surface area contributed by atoms with Crippen molar-refractivity contribution in [3.05, 3.63) is 11.2 Å². The van der Waals surface area contributed by atoms with Crippen molar-refractivity contribution in [1.29, 1.82) is 0 Å². The molecule has 6 heteroatoms. The Labute approximate surface area is 106 Å². The number of nitrogens with zero attached hydrogens (tertiary/aromatic N) is 2. The molecule has 1 aromatic heterocycles. The first kappa shape index (κ1) is 13.4. The molecule has 1 heterocycles. The first-order chi connectivity index (χ1) is 7.77. The van der Waals surface area contributed by atoms with Gasteiger partial charge in [-0.3, -0.25) is 0 Å². The molecule has 0 aromatic carbocycles. The second-order valence-electron chi connectivity index (χ2n) is 3.19. The van der Waals surface area contributed by atoms with Crippen molar-refractivity contribution < 1.29 is 0 Å². The highest BCUT2D eigenvalue weighted by Crippen LogP contribution is 2.19. The normalized spacial score (nSPS) is 10.2. The van der Waals surface area contributed by atoms with Crippen molar-refractivity contribution in [3.8, 4) is 0 Å². The molecule has 0 aliphatic carbocycles. The molecule has 0 saturated carbocycles. The van der Waals surface area contributed by atoms with Gasteiger partial charge in [0.1, 0.15) is 10.8 Å². The third-order valence-corrected chi connectivity index (χ3v) is 2.87. The van der Waals surface area contributed by atoms with Crippen LogP contribution in [0.1, 0.15) is 13.3 Å². The summed E-state index contributed by atoms with van der Waals surface area (Å²) in [4.78, 5) is 8.36. The predicted octanol–water partition coefficient (Wildman–Crippen LogP) is 2.73. The lowest BCUT2D eigenvalue weighted by Crippen LogP contribution is -2.08. The van der Waals surface area contributed by atoms with E-state index in [1.54, 1.807) is 6.20 Å². The molecule has 0 unspecified atom stereocenters. The lowest BCUT2D eigenvalue weighted by Gasteiger charge is -2.08.